The van der Waals surface area contributed by atoms with Gasteiger partial charge in [0.2, 0.25) is 0 Å². The van der Waals surface area contributed by atoms with Gasteiger partial charge in [-0.15, -0.1) is 0 Å². The molecule has 0 N–H and O–H groups in total. The fourth-order valence-corrected chi connectivity index (χ4v) is 2.99. The van der Waals surface area contributed by atoms with Crippen molar-refractivity contribution in [1.29, 1.82) is 0 Å². The van der Waals surface area contributed by atoms with Crippen molar-refractivity contribution in [3.05, 3.63) is 75.6 Å². The van der Waals surface area contributed by atoms with E-state index < -0.39 is 4.92 Å². The van der Waals surface area contributed by atoms with E-state index >= 15 is 0 Å². The molecule has 0 spiro atoms. The first-order valence-electron chi connectivity index (χ1n) is 5.77. The monoisotopic (exact) mass is 401 g/mol. The van der Waals surface area contributed by atoms with Crippen molar-refractivity contribution in [3.63, 3.8) is 0 Å². The lowest BCUT2D eigenvalue weighted by atomic mass is 10.0. The Hall–Kier alpha value is -1.27. The Balaban J connectivity index is 2.19. The van der Waals surface area contributed by atoms with Gasteiger partial charge in [-0.3, -0.25) is 10.1 Å². The molecule has 0 aromatic heterocycles. The summed E-state index contributed by atoms with van der Waals surface area (Å²) in [6.07, 6.45) is 0. The summed E-state index contributed by atoms with van der Waals surface area (Å²) >= 11 is 7.11. The number of rotatable bonds is 4. The van der Waals surface area contributed by atoms with E-state index in [1.165, 1.54) is 24.3 Å². The molecule has 3 nitrogen and oxygen atoms in total. The Kier molecular flexibility index (Phi) is 4.88. The quantitative estimate of drug-likeness (QED) is 0.395. The van der Waals surface area contributed by atoms with Gasteiger partial charge in [0.15, 0.2) is 0 Å². The maximum atomic E-state index is 12.9. The molecule has 6 heteroatoms. The van der Waals surface area contributed by atoms with Crippen LogP contribution >= 0.6 is 31.9 Å². The maximum absolute atomic E-state index is 12.9. The second-order valence-corrected chi connectivity index (χ2v) is 6.18. The van der Waals surface area contributed by atoms with Gasteiger partial charge in [-0.25, -0.2) is 4.39 Å². The predicted molar refractivity (Wildman–Crippen MR) is 82.8 cm³/mol. The molecule has 2 atom stereocenters. The van der Waals surface area contributed by atoms with Gasteiger partial charge in [0.1, 0.15) is 5.82 Å². The average Bonchev–Trinajstić information content (AvgIpc) is 2.46. The summed E-state index contributed by atoms with van der Waals surface area (Å²) < 4.78 is 12.9. The van der Waals surface area contributed by atoms with E-state index in [-0.39, 0.29) is 21.2 Å². The topological polar surface area (TPSA) is 43.1 Å². The second kappa shape index (κ2) is 6.45. The van der Waals surface area contributed by atoms with Crippen molar-refractivity contribution in [2.45, 2.75) is 9.65 Å². The van der Waals surface area contributed by atoms with Gasteiger partial charge in [0.25, 0.3) is 5.69 Å². The van der Waals surface area contributed by atoms with E-state index in [1.54, 1.807) is 24.3 Å². The minimum atomic E-state index is -0.432. The van der Waals surface area contributed by atoms with Crippen LogP contribution in [-0.2, 0) is 0 Å². The van der Waals surface area contributed by atoms with Crippen molar-refractivity contribution in [2.75, 3.05) is 0 Å². The Bertz CT molecular complexity index is 602. The van der Waals surface area contributed by atoms with Crippen LogP contribution in [-0.4, -0.2) is 4.92 Å². The first-order valence-corrected chi connectivity index (χ1v) is 7.60. The number of alkyl halides is 2. The molecule has 0 aliphatic carbocycles. The lowest BCUT2D eigenvalue weighted by molar-refractivity contribution is -0.384. The summed E-state index contributed by atoms with van der Waals surface area (Å²) in [4.78, 5) is 10.0. The van der Waals surface area contributed by atoms with E-state index in [0.29, 0.717) is 0 Å². The third-order valence-electron chi connectivity index (χ3n) is 2.87. The highest BCUT2D eigenvalue weighted by atomic mass is 79.9. The summed E-state index contributed by atoms with van der Waals surface area (Å²) in [5.41, 5.74) is 1.88. The highest BCUT2D eigenvalue weighted by Crippen LogP contribution is 2.42. The Morgan fingerprint density at radius 3 is 1.70 bits per heavy atom. The van der Waals surface area contributed by atoms with Gasteiger partial charge >= 0.3 is 0 Å². The van der Waals surface area contributed by atoms with Crippen LogP contribution in [0.3, 0.4) is 0 Å². The third kappa shape index (κ3) is 3.43. The molecule has 0 saturated carbocycles. The van der Waals surface area contributed by atoms with Crippen molar-refractivity contribution < 1.29 is 9.31 Å². The van der Waals surface area contributed by atoms with E-state index in [1.807, 2.05) is 0 Å². The molecule has 2 rings (SSSR count). The number of nitrogens with zero attached hydrogens (tertiary/aromatic N) is 1. The van der Waals surface area contributed by atoms with Crippen LogP contribution in [0.2, 0.25) is 0 Å². The first kappa shape index (κ1) is 15.1. The minimum absolute atomic E-state index is 0.0568. The van der Waals surface area contributed by atoms with Crippen LogP contribution in [0.25, 0.3) is 0 Å². The van der Waals surface area contributed by atoms with Gasteiger partial charge in [0, 0.05) is 12.1 Å². The van der Waals surface area contributed by atoms with E-state index in [0.717, 1.165) is 11.1 Å². The zero-order chi connectivity index (χ0) is 14.7. The molecule has 0 radical (unpaired) electrons. The summed E-state index contributed by atoms with van der Waals surface area (Å²) in [5, 5.41) is 10.6. The number of hydrogen-bond acceptors (Lipinski definition) is 2. The number of halogens is 3. The zero-order valence-electron chi connectivity index (χ0n) is 10.2. The molecule has 0 amide bonds. The highest BCUT2D eigenvalue weighted by Gasteiger charge is 2.20. The van der Waals surface area contributed by atoms with E-state index in [2.05, 4.69) is 31.9 Å². The van der Waals surface area contributed by atoms with Crippen molar-refractivity contribution in [3.8, 4) is 0 Å². The third-order valence-corrected chi connectivity index (χ3v) is 5.69. The normalized spacial score (nSPS) is 13.8. The first-order chi connectivity index (χ1) is 9.49. The summed E-state index contributed by atoms with van der Waals surface area (Å²) in [5.74, 6) is -0.282. The van der Waals surface area contributed by atoms with Crippen molar-refractivity contribution in [2.24, 2.45) is 0 Å². The van der Waals surface area contributed by atoms with Crippen LogP contribution in [0, 0.1) is 15.9 Å². The SMILES string of the molecule is O=[N+]([O-])c1ccc([C@@H](Br)[C@@H](Br)c2ccc(F)cc2)cc1. The number of non-ortho nitro benzene ring substituents is 1. The molecule has 2 aromatic carbocycles. The van der Waals surface area contributed by atoms with Crippen LogP contribution in [0.4, 0.5) is 10.1 Å². The molecular weight excluding hydrogens is 393 g/mol. The Morgan fingerprint density at radius 2 is 1.30 bits per heavy atom. The van der Waals surface area contributed by atoms with Crippen LogP contribution < -0.4 is 0 Å². The van der Waals surface area contributed by atoms with Gasteiger partial charge in [0.05, 0.1) is 14.6 Å². The van der Waals surface area contributed by atoms with Crippen LogP contribution in [0.1, 0.15) is 20.8 Å². The zero-order valence-corrected chi connectivity index (χ0v) is 13.3. The molecule has 0 saturated heterocycles. The molecule has 0 aliphatic rings. The smallest absolute Gasteiger partial charge is 0.258 e. The standard InChI is InChI=1S/C14H10Br2FNO2/c15-13(9-1-5-11(17)6-2-9)14(16)10-3-7-12(8-4-10)18(19)20/h1-8,13-14H/t13-,14+/m0/s1. The molecule has 20 heavy (non-hydrogen) atoms. The fourth-order valence-electron chi connectivity index (χ4n) is 1.76. The molecule has 0 fully saturated rings. The van der Waals surface area contributed by atoms with Crippen molar-refractivity contribution in [1.82, 2.24) is 0 Å². The van der Waals surface area contributed by atoms with Crippen LogP contribution in [0.15, 0.2) is 48.5 Å². The molecular formula is C14H10Br2FNO2. The Labute approximate surface area is 132 Å². The van der Waals surface area contributed by atoms with E-state index in [9.17, 15) is 14.5 Å². The lowest BCUT2D eigenvalue weighted by Crippen LogP contribution is -2.00. The minimum Gasteiger partial charge on any atom is -0.258 e. The van der Waals surface area contributed by atoms with Crippen molar-refractivity contribution >= 4 is 37.5 Å². The molecule has 0 bridgehead atoms. The van der Waals surface area contributed by atoms with E-state index in [4.69, 9.17) is 0 Å². The molecule has 0 unspecified atom stereocenters. The summed E-state index contributed by atoms with van der Waals surface area (Å²) in [7, 11) is 0. The predicted octanol–water partition coefficient (Wildman–Crippen LogP) is 5.31. The number of benzene rings is 2. The highest BCUT2D eigenvalue weighted by molar-refractivity contribution is 9.12. The van der Waals surface area contributed by atoms with Gasteiger partial charge in [-0.05, 0) is 23.3 Å². The number of nitro benzene ring substituents is 1. The van der Waals surface area contributed by atoms with Crippen LogP contribution in [0.5, 0.6) is 0 Å². The maximum Gasteiger partial charge on any atom is 0.269 e. The molecule has 0 aliphatic heterocycles. The fraction of sp³-hybridized carbons (Fsp3) is 0.143. The van der Waals surface area contributed by atoms with Gasteiger partial charge < -0.3 is 0 Å². The second-order valence-electron chi connectivity index (χ2n) is 4.20. The summed E-state index contributed by atoms with van der Waals surface area (Å²) in [6, 6.07) is 12.5. The summed E-state index contributed by atoms with van der Waals surface area (Å²) in [6.45, 7) is 0. The van der Waals surface area contributed by atoms with Gasteiger partial charge in [-0.2, -0.15) is 0 Å². The molecule has 104 valence electrons. The number of nitro groups is 1. The van der Waals surface area contributed by atoms with Gasteiger partial charge in [-0.1, -0.05) is 56.1 Å². The number of hydrogen-bond donors (Lipinski definition) is 0. The molecule has 2 aromatic rings. The Morgan fingerprint density at radius 1 is 0.900 bits per heavy atom. The average molecular weight is 403 g/mol. The largest absolute Gasteiger partial charge is 0.269 e. The lowest BCUT2D eigenvalue weighted by Gasteiger charge is -2.17. The molecule has 0 heterocycles.